The van der Waals surface area contributed by atoms with Gasteiger partial charge in [-0.1, -0.05) is 72.8 Å². The van der Waals surface area contributed by atoms with Crippen LogP contribution in [-0.2, 0) is 0 Å². The van der Waals surface area contributed by atoms with Crippen LogP contribution in [0.25, 0.3) is 44.1 Å². The Morgan fingerprint density at radius 1 is 0.611 bits per heavy atom. The number of nitrogens with two attached hydrogens (primary N) is 1. The number of benzene rings is 5. The number of fused-ring (bicyclic) bond motifs is 3. The van der Waals surface area contributed by atoms with E-state index in [1.54, 1.807) is 37.3 Å². The number of amides is 2. The number of pyridine rings is 2. The predicted octanol–water partition coefficient (Wildman–Crippen LogP) is 9.20. The van der Waals surface area contributed by atoms with E-state index in [1.807, 2.05) is 67.6 Å². The zero-order chi connectivity index (χ0) is 38.1. The number of carbonyl (C=O) groups excluding carboxylic acids is 2. The highest BCUT2D eigenvalue weighted by molar-refractivity contribution is 6.21. The Labute approximate surface area is 309 Å². The maximum absolute atomic E-state index is 14.0. The maximum atomic E-state index is 14.0. The van der Waals surface area contributed by atoms with Crippen LogP contribution in [0.1, 0.15) is 69.2 Å². The third-order valence-corrected chi connectivity index (χ3v) is 9.34. The number of aromatic nitrogens is 2. The van der Waals surface area contributed by atoms with Gasteiger partial charge in [-0.05, 0) is 73.5 Å². The van der Waals surface area contributed by atoms with Gasteiger partial charge in [0.15, 0.2) is 0 Å². The van der Waals surface area contributed by atoms with E-state index in [2.05, 4.69) is 17.1 Å². The van der Waals surface area contributed by atoms with E-state index < -0.39 is 29.5 Å². The fourth-order valence-corrected chi connectivity index (χ4v) is 6.85. The minimum Gasteiger partial charge on any atom is -0.323 e. The lowest BCUT2D eigenvalue weighted by Gasteiger charge is -2.25. The van der Waals surface area contributed by atoms with Gasteiger partial charge in [0.2, 0.25) is 0 Å². The number of halogens is 2. The molecule has 54 heavy (non-hydrogen) atoms. The summed E-state index contributed by atoms with van der Waals surface area (Å²) in [5, 5.41) is 20.6. The molecule has 8 nitrogen and oxygen atoms in total. The molecule has 0 saturated carbocycles. The fourth-order valence-electron chi connectivity index (χ4n) is 6.85. The third kappa shape index (κ3) is 6.21. The highest BCUT2D eigenvalue weighted by atomic mass is 19.1. The van der Waals surface area contributed by atoms with Gasteiger partial charge >= 0.3 is 0 Å². The molecule has 8 rings (SSSR count). The van der Waals surface area contributed by atoms with Gasteiger partial charge in [0.1, 0.15) is 23.8 Å². The third-order valence-electron chi connectivity index (χ3n) is 9.34. The van der Waals surface area contributed by atoms with Gasteiger partial charge in [-0.2, -0.15) is 10.5 Å². The van der Waals surface area contributed by atoms with Crippen molar-refractivity contribution in [2.45, 2.75) is 25.9 Å². The molecule has 3 heterocycles. The molecule has 2 unspecified atom stereocenters. The maximum Gasteiger partial charge on any atom is 0.262 e. The minimum absolute atomic E-state index is 0.249. The molecule has 2 aromatic heterocycles. The Morgan fingerprint density at radius 3 is 1.44 bits per heavy atom. The second-order valence-electron chi connectivity index (χ2n) is 12.8. The summed E-state index contributed by atoms with van der Waals surface area (Å²) in [6, 6.07) is 36.9. The van der Waals surface area contributed by atoms with Crippen LogP contribution in [0.4, 0.5) is 8.78 Å². The predicted molar refractivity (Wildman–Crippen MR) is 202 cm³/mol. The van der Waals surface area contributed by atoms with Crippen molar-refractivity contribution in [3.63, 3.8) is 0 Å². The minimum atomic E-state index is -0.751. The van der Waals surface area contributed by atoms with Crippen molar-refractivity contribution in [3.05, 3.63) is 167 Å². The summed E-state index contributed by atoms with van der Waals surface area (Å²) in [7, 11) is 0. The van der Waals surface area contributed by atoms with Crippen LogP contribution in [0.3, 0.4) is 0 Å². The summed E-state index contributed by atoms with van der Waals surface area (Å²) in [5.41, 5.74) is 12.1. The summed E-state index contributed by atoms with van der Waals surface area (Å²) in [6.07, 6.45) is 0. The topological polar surface area (TPSA) is 137 Å². The first-order valence-electron chi connectivity index (χ1n) is 17.0. The fraction of sp³-hybridized carbons (Fsp3) is 0.0909. The van der Waals surface area contributed by atoms with E-state index in [1.165, 1.54) is 35.2 Å². The molecule has 7 aromatic rings. The molecule has 0 radical (unpaired) electrons. The molecule has 5 aromatic carbocycles. The quantitative estimate of drug-likeness (QED) is 0.176. The van der Waals surface area contributed by atoms with Crippen LogP contribution in [0.5, 0.6) is 0 Å². The average Bonchev–Trinajstić information content (AvgIpc) is 3.45. The van der Waals surface area contributed by atoms with Gasteiger partial charge in [0.05, 0.1) is 50.7 Å². The number of nitriles is 2. The van der Waals surface area contributed by atoms with Gasteiger partial charge in [-0.15, -0.1) is 0 Å². The molecule has 2 N–H and O–H groups in total. The highest BCUT2D eigenvalue weighted by Gasteiger charge is 2.40. The van der Waals surface area contributed by atoms with Gasteiger partial charge in [-0.3, -0.25) is 19.5 Å². The van der Waals surface area contributed by atoms with Crippen molar-refractivity contribution < 1.29 is 18.4 Å². The molecule has 0 aliphatic carbocycles. The number of hydrogen-bond donors (Lipinski definition) is 1. The summed E-state index contributed by atoms with van der Waals surface area (Å²) >= 11 is 0. The Bertz CT molecular complexity index is 2670. The molecule has 1 aliphatic heterocycles. The largest absolute Gasteiger partial charge is 0.323 e. The number of imide groups is 1. The molecule has 0 fully saturated rings. The van der Waals surface area contributed by atoms with E-state index in [-0.39, 0.29) is 11.6 Å². The van der Waals surface area contributed by atoms with Crippen molar-refractivity contribution in [3.8, 4) is 34.4 Å². The van der Waals surface area contributed by atoms with E-state index in [4.69, 9.17) is 10.7 Å². The van der Waals surface area contributed by atoms with Gasteiger partial charge in [0, 0.05) is 27.9 Å². The number of hydrogen-bond acceptors (Lipinski definition) is 7. The molecule has 2 amide bonds. The lowest BCUT2D eigenvalue weighted by molar-refractivity contribution is 0.0593. The van der Waals surface area contributed by atoms with E-state index in [9.17, 15) is 28.9 Å². The van der Waals surface area contributed by atoms with Crippen LogP contribution >= 0.6 is 0 Å². The van der Waals surface area contributed by atoms with Crippen molar-refractivity contribution in [2.75, 3.05) is 0 Å². The van der Waals surface area contributed by atoms with Crippen molar-refractivity contribution in [2.24, 2.45) is 5.73 Å². The van der Waals surface area contributed by atoms with Crippen molar-refractivity contribution in [1.82, 2.24) is 14.9 Å². The Hall–Kier alpha value is -7.14. The summed E-state index contributed by atoms with van der Waals surface area (Å²) in [5.74, 6) is -1.68. The van der Waals surface area contributed by atoms with Crippen LogP contribution in [0.2, 0.25) is 0 Å². The van der Waals surface area contributed by atoms with Crippen molar-refractivity contribution >= 4 is 33.6 Å². The molecular weight excluding hydrogens is 683 g/mol. The van der Waals surface area contributed by atoms with E-state index in [0.29, 0.717) is 66.6 Å². The average molecular weight is 713 g/mol. The highest BCUT2D eigenvalue weighted by Crippen LogP contribution is 2.39. The summed E-state index contributed by atoms with van der Waals surface area (Å²) < 4.78 is 27.6. The molecule has 0 bridgehead atoms. The van der Waals surface area contributed by atoms with E-state index in [0.717, 1.165) is 5.56 Å². The first-order chi connectivity index (χ1) is 26.1. The van der Waals surface area contributed by atoms with Crippen LogP contribution in [-0.4, -0.2) is 26.7 Å². The first-order valence-corrected chi connectivity index (χ1v) is 17.0. The van der Waals surface area contributed by atoms with Crippen LogP contribution in [0.15, 0.2) is 121 Å². The molecular formula is C44H30F2N6O2. The molecule has 262 valence electrons. The lowest BCUT2D eigenvalue weighted by Crippen LogP contribution is -2.33. The lowest BCUT2D eigenvalue weighted by atomic mass is 9.92. The zero-order valence-corrected chi connectivity index (χ0v) is 29.1. The number of nitrogens with zero attached hydrogens (tertiary/aromatic N) is 5. The Balaban J connectivity index is 0.000000179. The molecule has 10 heteroatoms. The number of rotatable bonds is 5. The molecule has 2 atom stereocenters. The first kappa shape index (κ1) is 35.3. The van der Waals surface area contributed by atoms with Gasteiger partial charge in [-0.25, -0.2) is 13.8 Å². The summed E-state index contributed by atoms with van der Waals surface area (Å²) in [6.45, 7) is 3.54. The standard InChI is InChI=1S/C26H16FN3O2.C18H14FN3/c1-15(30-25(31)18-9-5-6-10-19(18)26(30)32)24-23(16-7-3-2-4-8-16)21(14-28)20-13-17(27)11-12-22(20)29-24;1-11(21)18-17(12-5-3-2-4-6-12)15(10-20)14-9-13(19)7-8-16(14)22-18/h2-13,15H,1H3;2-9,11H,21H2,1H3. The second kappa shape index (κ2) is 14.5. The molecule has 0 spiro atoms. The van der Waals surface area contributed by atoms with Crippen LogP contribution < -0.4 is 5.73 Å². The number of carbonyl (C=O) groups is 2. The Morgan fingerprint density at radius 2 is 1.02 bits per heavy atom. The second-order valence-corrected chi connectivity index (χ2v) is 12.8. The molecule has 0 saturated heterocycles. The normalized spacial score (nSPS) is 13.1. The van der Waals surface area contributed by atoms with Gasteiger partial charge < -0.3 is 5.73 Å². The monoisotopic (exact) mass is 712 g/mol. The SMILES string of the molecule is CC(N)c1nc2ccc(F)cc2c(C#N)c1-c1ccccc1.CC(c1nc2ccc(F)cc2c(C#N)c1-c1ccccc1)N1C(=O)c2ccccc2C1=O. The smallest absolute Gasteiger partial charge is 0.262 e. The van der Waals surface area contributed by atoms with Gasteiger partial charge in [0.25, 0.3) is 11.8 Å². The van der Waals surface area contributed by atoms with Crippen molar-refractivity contribution in [1.29, 1.82) is 10.5 Å². The summed E-state index contributed by atoms with van der Waals surface area (Å²) in [4.78, 5) is 36.6. The van der Waals surface area contributed by atoms with E-state index >= 15 is 0 Å². The van der Waals surface area contributed by atoms with Crippen LogP contribution in [0, 0.1) is 34.3 Å². The zero-order valence-electron chi connectivity index (χ0n) is 29.1. The molecule has 1 aliphatic rings. The Kier molecular flexibility index (Phi) is 9.45.